The summed E-state index contributed by atoms with van der Waals surface area (Å²) in [6.45, 7) is 4.17. The molecule has 1 aromatic heterocycles. The van der Waals surface area contributed by atoms with Crippen molar-refractivity contribution in [2.24, 2.45) is 10.1 Å². The van der Waals surface area contributed by atoms with Gasteiger partial charge in [0.15, 0.2) is 18.1 Å². The van der Waals surface area contributed by atoms with E-state index < -0.39 is 0 Å². The molecule has 32 heavy (non-hydrogen) atoms. The molecular weight excluding hydrogens is 496 g/mol. The molecule has 1 aliphatic heterocycles. The van der Waals surface area contributed by atoms with Crippen LogP contribution in [-0.2, 0) is 4.79 Å². The number of methoxy groups -OCH3 is 1. The molecule has 164 valence electrons. The third kappa shape index (κ3) is 4.46. The first-order valence-corrected chi connectivity index (χ1v) is 11.2. The van der Waals surface area contributed by atoms with Crippen molar-refractivity contribution < 1.29 is 19.4 Å². The molecule has 0 spiro atoms. The van der Waals surface area contributed by atoms with E-state index in [1.165, 1.54) is 18.4 Å². The topological polar surface area (TPSA) is 97.4 Å². The highest BCUT2D eigenvalue weighted by Gasteiger charge is 2.18. The van der Waals surface area contributed by atoms with Gasteiger partial charge in [0.25, 0.3) is 5.91 Å². The highest BCUT2D eigenvalue weighted by molar-refractivity contribution is 9.10. The summed E-state index contributed by atoms with van der Waals surface area (Å²) < 4.78 is 12.9. The van der Waals surface area contributed by atoms with Crippen molar-refractivity contribution in [1.82, 2.24) is 4.68 Å². The number of ether oxygens (including phenoxy) is 2. The van der Waals surface area contributed by atoms with E-state index in [0.717, 1.165) is 16.8 Å². The fourth-order valence-electron chi connectivity index (χ4n) is 3.05. The number of aromatic hydroxyl groups is 1. The molecule has 1 amide bonds. The lowest BCUT2D eigenvalue weighted by atomic mass is 10.1. The van der Waals surface area contributed by atoms with Crippen molar-refractivity contribution in [1.29, 1.82) is 0 Å². The number of phenols is 1. The van der Waals surface area contributed by atoms with E-state index >= 15 is 0 Å². The largest absolute Gasteiger partial charge is 0.503 e. The van der Waals surface area contributed by atoms with E-state index in [4.69, 9.17) is 9.47 Å². The fourth-order valence-corrected chi connectivity index (χ4v) is 4.36. The second-order valence-electron chi connectivity index (χ2n) is 6.69. The minimum absolute atomic E-state index is 0.00528. The highest BCUT2D eigenvalue weighted by atomic mass is 79.9. The van der Waals surface area contributed by atoms with Crippen LogP contribution < -0.4 is 19.6 Å². The molecule has 0 unspecified atom stereocenters. The van der Waals surface area contributed by atoms with Gasteiger partial charge in [-0.1, -0.05) is 6.08 Å². The van der Waals surface area contributed by atoms with Crippen LogP contribution in [0.4, 0.5) is 5.69 Å². The fraction of sp³-hybridized carbons (Fsp3) is 0.136. The summed E-state index contributed by atoms with van der Waals surface area (Å²) in [5.41, 5.74) is 2.96. The van der Waals surface area contributed by atoms with Crippen molar-refractivity contribution in [2.75, 3.05) is 25.6 Å². The number of phenolic OH excluding ortho intramolecular Hbond substituents is 1. The second-order valence-corrected chi connectivity index (χ2v) is 8.38. The molecule has 0 radical (unpaired) electrons. The highest BCUT2D eigenvalue weighted by Crippen LogP contribution is 2.35. The first kappa shape index (κ1) is 21.8. The second kappa shape index (κ2) is 9.41. The van der Waals surface area contributed by atoms with Crippen LogP contribution in [0.15, 0.2) is 62.9 Å². The Labute approximate surface area is 196 Å². The Morgan fingerprint density at radius 1 is 1.41 bits per heavy atom. The molecule has 0 aliphatic carbocycles. The van der Waals surface area contributed by atoms with Crippen LogP contribution in [-0.4, -0.2) is 42.2 Å². The predicted octanol–water partition coefficient (Wildman–Crippen LogP) is 3.99. The van der Waals surface area contributed by atoms with Gasteiger partial charge in [0, 0.05) is 10.9 Å². The summed E-state index contributed by atoms with van der Waals surface area (Å²) >= 11 is 4.76. The van der Waals surface area contributed by atoms with Crippen LogP contribution in [0, 0.1) is 0 Å². The number of amides is 1. The first-order chi connectivity index (χ1) is 15.5. The molecule has 2 heterocycles. The number of nitrogens with zero attached hydrogens (tertiary/aromatic N) is 3. The number of carbonyl (C=O) groups excluding carboxylic acids is 1. The van der Waals surface area contributed by atoms with E-state index in [-0.39, 0.29) is 18.3 Å². The monoisotopic (exact) mass is 514 g/mol. The van der Waals surface area contributed by atoms with E-state index in [9.17, 15) is 9.90 Å². The van der Waals surface area contributed by atoms with Gasteiger partial charge in [-0.3, -0.25) is 9.79 Å². The third-order valence-corrected chi connectivity index (χ3v) is 6.00. The summed E-state index contributed by atoms with van der Waals surface area (Å²) in [7, 11) is 1.49. The lowest BCUT2D eigenvalue weighted by molar-refractivity contribution is -0.118. The molecule has 0 bridgehead atoms. The minimum atomic E-state index is -0.195. The number of carbonyl (C=O) groups is 1. The Morgan fingerprint density at radius 3 is 3.03 bits per heavy atom. The van der Waals surface area contributed by atoms with E-state index in [2.05, 4.69) is 37.9 Å². The molecule has 4 rings (SSSR count). The zero-order chi connectivity index (χ0) is 22.7. The van der Waals surface area contributed by atoms with E-state index in [0.29, 0.717) is 33.0 Å². The third-order valence-electron chi connectivity index (χ3n) is 4.54. The Kier molecular flexibility index (Phi) is 6.42. The predicted molar refractivity (Wildman–Crippen MR) is 128 cm³/mol. The minimum Gasteiger partial charge on any atom is -0.503 e. The van der Waals surface area contributed by atoms with Crippen LogP contribution in [0.5, 0.6) is 17.2 Å². The van der Waals surface area contributed by atoms with Gasteiger partial charge < -0.3 is 19.9 Å². The normalized spacial score (nSPS) is 13.6. The molecule has 0 fully saturated rings. The number of halogens is 1. The number of hydrogen-bond acceptors (Lipinski definition) is 7. The Bertz CT molecular complexity index is 1300. The molecule has 2 N–H and O–H groups in total. The number of anilines is 1. The summed E-state index contributed by atoms with van der Waals surface area (Å²) in [5.74, 6) is 0.780. The van der Waals surface area contributed by atoms with Crippen molar-refractivity contribution in [3.63, 3.8) is 0 Å². The number of thiazole rings is 1. The van der Waals surface area contributed by atoms with Gasteiger partial charge in [0.05, 0.1) is 35.7 Å². The molecule has 10 heteroatoms. The lowest BCUT2D eigenvalue weighted by Crippen LogP contribution is -2.25. The Morgan fingerprint density at radius 2 is 2.25 bits per heavy atom. The maximum atomic E-state index is 11.7. The summed E-state index contributed by atoms with van der Waals surface area (Å²) in [6.07, 6.45) is 3.36. The van der Waals surface area contributed by atoms with Crippen LogP contribution in [0.3, 0.4) is 0 Å². The molecule has 0 saturated carbocycles. The van der Waals surface area contributed by atoms with Gasteiger partial charge in [0.1, 0.15) is 5.75 Å². The maximum absolute atomic E-state index is 11.7. The molecule has 8 nitrogen and oxygen atoms in total. The zero-order valence-electron chi connectivity index (χ0n) is 17.0. The number of nitrogens with one attached hydrogen (secondary N) is 1. The van der Waals surface area contributed by atoms with Crippen molar-refractivity contribution >= 4 is 45.1 Å². The average Bonchev–Trinajstić information content (AvgIpc) is 3.20. The first-order valence-electron chi connectivity index (χ1n) is 9.50. The van der Waals surface area contributed by atoms with Gasteiger partial charge >= 0.3 is 0 Å². The molecule has 2 aromatic carbocycles. The summed E-state index contributed by atoms with van der Waals surface area (Å²) in [4.78, 5) is 16.9. The molecule has 1 aliphatic rings. The number of aromatic nitrogens is 1. The van der Waals surface area contributed by atoms with Crippen LogP contribution in [0.2, 0.25) is 0 Å². The van der Waals surface area contributed by atoms with Crippen LogP contribution in [0.1, 0.15) is 5.56 Å². The van der Waals surface area contributed by atoms with Crippen LogP contribution in [0.25, 0.3) is 11.3 Å². The number of fused-ring (bicyclic) bond motifs is 1. The van der Waals surface area contributed by atoms with E-state index in [1.807, 2.05) is 23.6 Å². The van der Waals surface area contributed by atoms with Gasteiger partial charge in [-0.05, 0) is 51.8 Å². The smallest absolute Gasteiger partial charge is 0.262 e. The van der Waals surface area contributed by atoms with Crippen molar-refractivity contribution in [3.8, 4) is 28.5 Å². The quantitative estimate of drug-likeness (QED) is 0.383. The Hall–Kier alpha value is -3.37. The summed E-state index contributed by atoms with van der Waals surface area (Å²) in [5, 5.41) is 19.4. The molecule has 3 aromatic rings. The SMILES string of the molecule is C=CCN=c1scc(-c2ccc3c(c2)NC(=O)CO3)n1N=Cc1cc(Br)c(O)c(OC)c1. The maximum Gasteiger partial charge on any atom is 0.262 e. The van der Waals surface area contributed by atoms with Gasteiger partial charge in [-0.2, -0.15) is 5.10 Å². The molecule has 0 atom stereocenters. The number of hydrogen-bond donors (Lipinski definition) is 2. The average molecular weight is 515 g/mol. The van der Waals surface area contributed by atoms with Crippen molar-refractivity contribution in [2.45, 2.75) is 0 Å². The van der Waals surface area contributed by atoms with Gasteiger partial charge in [0.2, 0.25) is 4.80 Å². The Balaban J connectivity index is 1.78. The van der Waals surface area contributed by atoms with Gasteiger partial charge in [-0.25, -0.2) is 4.68 Å². The van der Waals surface area contributed by atoms with E-state index in [1.54, 1.807) is 29.1 Å². The lowest BCUT2D eigenvalue weighted by Gasteiger charge is -2.18. The van der Waals surface area contributed by atoms with Gasteiger partial charge in [-0.15, -0.1) is 17.9 Å². The van der Waals surface area contributed by atoms with Crippen molar-refractivity contribution in [3.05, 3.63) is 63.2 Å². The number of rotatable bonds is 6. The summed E-state index contributed by atoms with van der Waals surface area (Å²) in [6, 6.07) is 8.99. The molecule has 0 saturated heterocycles. The van der Waals surface area contributed by atoms with Crippen LogP contribution >= 0.6 is 27.3 Å². The number of benzene rings is 2. The zero-order valence-corrected chi connectivity index (χ0v) is 19.4. The standard InChI is InChI=1S/C22H19BrN4O4S/c1-3-6-24-22-27(25-10-13-7-15(23)21(29)19(8-13)30-2)17(12-32-22)14-4-5-18-16(9-14)26-20(28)11-31-18/h3-5,7-10,12,29H,1,6,11H2,2H3,(H,26,28). The molecular formula is C22H19BrN4O4S.